The summed E-state index contributed by atoms with van der Waals surface area (Å²) in [5.41, 5.74) is 0. The van der Waals surface area contributed by atoms with E-state index < -0.39 is 5.97 Å². The van der Waals surface area contributed by atoms with E-state index in [1.165, 1.54) is 4.68 Å². The molecule has 1 atom stereocenters. The van der Waals surface area contributed by atoms with Crippen molar-refractivity contribution in [3.63, 3.8) is 0 Å². The van der Waals surface area contributed by atoms with E-state index in [9.17, 15) is 4.79 Å². The fourth-order valence-corrected chi connectivity index (χ4v) is 2.26. The fraction of sp³-hybridized carbons (Fsp3) is 0.667. The van der Waals surface area contributed by atoms with Gasteiger partial charge in [-0.1, -0.05) is 11.8 Å². The van der Waals surface area contributed by atoms with E-state index in [-0.39, 0.29) is 11.9 Å². The lowest BCUT2D eigenvalue weighted by atomic mass is 10.1. The molecule has 1 aliphatic heterocycles. The van der Waals surface area contributed by atoms with Crippen LogP contribution in [-0.4, -0.2) is 38.3 Å². The minimum absolute atomic E-state index is 0.0825. The Labute approximate surface area is 102 Å². The molecular formula is C9H14N4O3S. The van der Waals surface area contributed by atoms with Gasteiger partial charge in [0.15, 0.2) is 5.82 Å². The molecule has 17 heavy (non-hydrogen) atoms. The van der Waals surface area contributed by atoms with E-state index >= 15 is 0 Å². The molecule has 2 rings (SSSR count). The first-order valence-corrected chi connectivity index (χ1v) is 6.33. The normalized spacial score (nSPS) is 20.4. The number of aromatic nitrogens is 3. The van der Waals surface area contributed by atoms with Crippen molar-refractivity contribution in [2.75, 3.05) is 18.2 Å². The van der Waals surface area contributed by atoms with Crippen LogP contribution in [-0.2, 0) is 9.53 Å². The molecule has 0 saturated carbocycles. The van der Waals surface area contributed by atoms with E-state index in [1.54, 1.807) is 0 Å². The number of aliphatic carboxylic acids is 1. The van der Waals surface area contributed by atoms with Gasteiger partial charge in [-0.15, -0.1) is 10.2 Å². The van der Waals surface area contributed by atoms with Crippen molar-refractivity contribution in [1.82, 2.24) is 14.9 Å². The molecule has 1 unspecified atom stereocenters. The number of ether oxygens (including phenoxy) is 1. The molecule has 1 aromatic heterocycles. The second-order valence-corrected chi connectivity index (χ2v) is 4.69. The quantitative estimate of drug-likeness (QED) is 0.595. The maximum Gasteiger partial charge on any atom is 0.313 e. The van der Waals surface area contributed by atoms with Crippen molar-refractivity contribution < 1.29 is 14.6 Å². The summed E-state index contributed by atoms with van der Waals surface area (Å²) in [6.07, 6.45) is 2.88. The minimum Gasteiger partial charge on any atom is -0.481 e. The molecule has 0 aromatic carbocycles. The molecule has 8 heteroatoms. The Morgan fingerprint density at radius 1 is 1.59 bits per heavy atom. The standard InChI is InChI=1S/C9H14N4O3S/c10-13-8(6-3-1-2-4-16-6)11-12-9(13)17-5-7(14)15/h6H,1-5,10H2,(H,14,15). The van der Waals surface area contributed by atoms with E-state index in [2.05, 4.69) is 10.2 Å². The number of hydrogen-bond acceptors (Lipinski definition) is 6. The Kier molecular flexibility index (Phi) is 3.85. The summed E-state index contributed by atoms with van der Waals surface area (Å²) in [5.74, 6) is 5.39. The summed E-state index contributed by atoms with van der Waals surface area (Å²) in [6, 6.07) is 0. The highest BCUT2D eigenvalue weighted by Gasteiger charge is 2.23. The van der Waals surface area contributed by atoms with Crippen molar-refractivity contribution in [3.05, 3.63) is 5.82 Å². The molecule has 0 spiro atoms. The van der Waals surface area contributed by atoms with Crippen LogP contribution in [0.4, 0.5) is 0 Å². The van der Waals surface area contributed by atoms with Crippen LogP contribution in [0.1, 0.15) is 31.2 Å². The predicted molar refractivity (Wildman–Crippen MR) is 61.1 cm³/mol. The highest BCUT2D eigenvalue weighted by Crippen LogP contribution is 2.27. The van der Waals surface area contributed by atoms with E-state index in [1.807, 2.05) is 0 Å². The van der Waals surface area contributed by atoms with Gasteiger partial charge in [-0.3, -0.25) is 4.79 Å². The summed E-state index contributed by atoms with van der Waals surface area (Å²) in [6.45, 7) is 0.704. The smallest absolute Gasteiger partial charge is 0.313 e. The monoisotopic (exact) mass is 258 g/mol. The van der Waals surface area contributed by atoms with Crippen molar-refractivity contribution in [2.24, 2.45) is 0 Å². The molecule has 1 fully saturated rings. The molecule has 3 N–H and O–H groups in total. The van der Waals surface area contributed by atoms with Gasteiger partial charge in [0, 0.05) is 6.61 Å². The molecule has 0 aliphatic carbocycles. The predicted octanol–water partition coefficient (Wildman–Crippen LogP) is 0.410. The molecule has 1 aliphatic rings. The van der Waals surface area contributed by atoms with Crippen LogP contribution in [0, 0.1) is 0 Å². The second-order valence-electron chi connectivity index (χ2n) is 3.75. The Bertz CT molecular complexity index is 403. The number of hydrogen-bond donors (Lipinski definition) is 2. The lowest BCUT2D eigenvalue weighted by Gasteiger charge is -2.21. The highest BCUT2D eigenvalue weighted by atomic mass is 32.2. The summed E-state index contributed by atoms with van der Waals surface area (Å²) in [7, 11) is 0. The van der Waals surface area contributed by atoms with Gasteiger partial charge in [0.1, 0.15) is 6.10 Å². The van der Waals surface area contributed by atoms with Crippen molar-refractivity contribution >= 4 is 17.7 Å². The maximum atomic E-state index is 10.4. The minimum atomic E-state index is -0.909. The van der Waals surface area contributed by atoms with Gasteiger partial charge in [-0.05, 0) is 19.3 Å². The van der Waals surface area contributed by atoms with Crippen LogP contribution < -0.4 is 5.84 Å². The van der Waals surface area contributed by atoms with Gasteiger partial charge in [0.05, 0.1) is 5.75 Å². The molecule has 1 aromatic rings. The fourth-order valence-electron chi connectivity index (χ4n) is 1.68. The number of rotatable bonds is 4. The molecule has 2 heterocycles. The molecule has 1 saturated heterocycles. The van der Waals surface area contributed by atoms with Crippen LogP contribution in [0.3, 0.4) is 0 Å². The molecular weight excluding hydrogens is 244 g/mol. The average molecular weight is 258 g/mol. The molecule has 0 bridgehead atoms. The van der Waals surface area contributed by atoms with Crippen LogP contribution in [0.15, 0.2) is 5.16 Å². The number of nitrogen functional groups attached to an aromatic ring is 1. The largest absolute Gasteiger partial charge is 0.481 e. The van der Waals surface area contributed by atoms with Crippen molar-refractivity contribution in [2.45, 2.75) is 30.5 Å². The lowest BCUT2D eigenvalue weighted by Crippen LogP contribution is -2.21. The zero-order valence-electron chi connectivity index (χ0n) is 9.20. The number of carboxylic acids is 1. The first-order chi connectivity index (χ1) is 8.18. The molecule has 7 nitrogen and oxygen atoms in total. The zero-order valence-corrected chi connectivity index (χ0v) is 10.0. The highest BCUT2D eigenvalue weighted by molar-refractivity contribution is 7.99. The van der Waals surface area contributed by atoms with Crippen LogP contribution in [0.2, 0.25) is 0 Å². The molecule has 94 valence electrons. The lowest BCUT2D eigenvalue weighted by molar-refractivity contribution is -0.133. The number of carbonyl (C=O) groups is 1. The van der Waals surface area contributed by atoms with E-state index in [0.717, 1.165) is 31.0 Å². The van der Waals surface area contributed by atoms with Gasteiger partial charge in [-0.25, -0.2) is 4.68 Å². The Morgan fingerprint density at radius 2 is 2.41 bits per heavy atom. The Hall–Kier alpha value is -1.28. The van der Waals surface area contributed by atoms with Gasteiger partial charge in [0.2, 0.25) is 5.16 Å². The maximum absolute atomic E-state index is 10.4. The van der Waals surface area contributed by atoms with E-state index in [0.29, 0.717) is 17.6 Å². The Balaban J connectivity index is 2.05. The molecule has 0 radical (unpaired) electrons. The van der Waals surface area contributed by atoms with Crippen LogP contribution in [0.25, 0.3) is 0 Å². The zero-order chi connectivity index (χ0) is 12.3. The molecule has 0 amide bonds. The number of nitrogens with two attached hydrogens (primary N) is 1. The number of nitrogens with zero attached hydrogens (tertiary/aromatic N) is 3. The third kappa shape index (κ3) is 2.89. The van der Waals surface area contributed by atoms with E-state index in [4.69, 9.17) is 15.7 Å². The summed E-state index contributed by atoms with van der Waals surface area (Å²) >= 11 is 1.05. The van der Waals surface area contributed by atoms with Gasteiger partial charge in [-0.2, -0.15) is 0 Å². The summed E-state index contributed by atoms with van der Waals surface area (Å²) in [4.78, 5) is 10.4. The van der Waals surface area contributed by atoms with Gasteiger partial charge < -0.3 is 15.7 Å². The van der Waals surface area contributed by atoms with Crippen molar-refractivity contribution in [1.29, 1.82) is 0 Å². The SMILES string of the molecule is Nn1c(SCC(=O)O)nnc1C1CCCCO1. The first-order valence-electron chi connectivity index (χ1n) is 5.35. The van der Waals surface area contributed by atoms with Crippen LogP contribution >= 0.6 is 11.8 Å². The van der Waals surface area contributed by atoms with Crippen molar-refractivity contribution in [3.8, 4) is 0 Å². The average Bonchev–Trinajstić information content (AvgIpc) is 2.69. The number of thioether (sulfide) groups is 1. The topological polar surface area (TPSA) is 103 Å². The Morgan fingerprint density at radius 3 is 3.06 bits per heavy atom. The third-order valence-corrected chi connectivity index (χ3v) is 3.41. The van der Waals surface area contributed by atoms with Gasteiger partial charge in [0.25, 0.3) is 0 Å². The second kappa shape index (κ2) is 5.37. The van der Waals surface area contributed by atoms with Crippen LogP contribution in [0.5, 0.6) is 0 Å². The first kappa shape index (κ1) is 12.2. The summed E-state index contributed by atoms with van der Waals surface area (Å²) < 4.78 is 6.88. The van der Waals surface area contributed by atoms with Gasteiger partial charge >= 0.3 is 5.97 Å². The summed E-state index contributed by atoms with van der Waals surface area (Å²) in [5, 5.41) is 16.8. The number of carboxylic acid groups (broad SMARTS) is 1. The third-order valence-electron chi connectivity index (χ3n) is 2.48.